The average Bonchev–Trinajstić information content (AvgIpc) is 1.81. The van der Waals surface area contributed by atoms with Gasteiger partial charge in [0.1, 0.15) is 11.6 Å². The second-order valence-corrected chi connectivity index (χ2v) is 3.76. The van der Waals surface area contributed by atoms with Crippen LogP contribution in [0.2, 0.25) is 19.5 Å². The lowest BCUT2D eigenvalue weighted by molar-refractivity contribution is -0.121. The van der Waals surface area contributed by atoms with Gasteiger partial charge in [0.15, 0.2) is 6.71 Å². The van der Waals surface area contributed by atoms with Gasteiger partial charge in [0, 0.05) is 0 Å². The summed E-state index contributed by atoms with van der Waals surface area (Å²) < 4.78 is 0. The van der Waals surface area contributed by atoms with Crippen LogP contribution >= 0.6 is 0 Å². The molecule has 0 saturated carbocycles. The summed E-state index contributed by atoms with van der Waals surface area (Å²) in [5, 5.41) is 0. The molecule has 0 atom stereocenters. The number of Topliss-reactive ketones (excluding diaryl/α,β-unsaturated/α-hetero) is 2. The average molecular weight is 167 g/mol. The molecule has 1 rings (SSSR count). The van der Waals surface area contributed by atoms with E-state index in [-0.39, 0.29) is 18.3 Å². The van der Waals surface area contributed by atoms with Crippen molar-refractivity contribution in [3.63, 3.8) is 0 Å². The molecule has 1 saturated heterocycles. The second kappa shape index (κ2) is 3.85. The van der Waals surface area contributed by atoms with Crippen LogP contribution in [0, 0.1) is 0 Å². The number of likely N-dealkylation sites (N-methyl/N-ethyl adjacent to an activating group) is 1. The van der Waals surface area contributed by atoms with Crippen LogP contribution in [0.3, 0.4) is 0 Å². The SMILES string of the molecule is CB1CC(=O)CN(C)CC(=O)C1. The van der Waals surface area contributed by atoms with E-state index in [2.05, 4.69) is 0 Å². The summed E-state index contributed by atoms with van der Waals surface area (Å²) >= 11 is 0. The van der Waals surface area contributed by atoms with Gasteiger partial charge in [0.25, 0.3) is 0 Å². The zero-order valence-corrected chi connectivity index (χ0v) is 7.67. The Balaban J connectivity index is 2.57. The fourth-order valence-corrected chi connectivity index (χ4v) is 1.64. The van der Waals surface area contributed by atoms with Crippen LogP contribution in [0.15, 0.2) is 0 Å². The summed E-state index contributed by atoms with van der Waals surface area (Å²) in [6.45, 7) is 3.05. The van der Waals surface area contributed by atoms with E-state index < -0.39 is 0 Å². The number of ketones is 2. The molecule has 0 unspecified atom stereocenters. The Bertz CT molecular complexity index is 167. The van der Waals surface area contributed by atoms with Gasteiger partial charge in [0.2, 0.25) is 0 Å². The lowest BCUT2D eigenvalue weighted by Crippen LogP contribution is -2.36. The molecule has 0 N–H and O–H groups in total. The van der Waals surface area contributed by atoms with E-state index in [1.165, 1.54) is 0 Å². The predicted molar refractivity (Wildman–Crippen MR) is 48.7 cm³/mol. The Hall–Kier alpha value is -0.635. The lowest BCUT2D eigenvalue weighted by Gasteiger charge is -2.19. The van der Waals surface area contributed by atoms with Crippen molar-refractivity contribution in [3.05, 3.63) is 0 Å². The Morgan fingerprint density at radius 1 is 1.17 bits per heavy atom. The van der Waals surface area contributed by atoms with Crippen LogP contribution in [-0.4, -0.2) is 43.3 Å². The minimum atomic E-state index is 0.235. The minimum absolute atomic E-state index is 0.235. The van der Waals surface area contributed by atoms with Crippen molar-refractivity contribution >= 4 is 18.3 Å². The topological polar surface area (TPSA) is 37.4 Å². The molecule has 0 aromatic heterocycles. The molecule has 0 radical (unpaired) electrons. The van der Waals surface area contributed by atoms with E-state index >= 15 is 0 Å². The van der Waals surface area contributed by atoms with E-state index in [9.17, 15) is 9.59 Å². The zero-order valence-electron chi connectivity index (χ0n) is 7.67. The molecule has 66 valence electrons. The van der Waals surface area contributed by atoms with Gasteiger partial charge >= 0.3 is 0 Å². The van der Waals surface area contributed by atoms with Crippen LogP contribution in [0.5, 0.6) is 0 Å². The highest BCUT2D eigenvalue weighted by Gasteiger charge is 2.21. The predicted octanol–water partition coefficient (Wildman–Crippen LogP) is 0.195. The number of hydrogen-bond donors (Lipinski definition) is 0. The van der Waals surface area contributed by atoms with Crippen molar-refractivity contribution in [2.75, 3.05) is 20.1 Å². The molecule has 0 aromatic carbocycles. The third kappa shape index (κ3) is 2.78. The van der Waals surface area contributed by atoms with Crippen LogP contribution < -0.4 is 0 Å². The normalized spacial score (nSPS) is 22.3. The summed E-state index contributed by atoms with van der Waals surface area (Å²) in [5.41, 5.74) is 0. The third-order valence-electron chi connectivity index (χ3n) is 2.04. The van der Waals surface area contributed by atoms with E-state index in [0.717, 1.165) is 0 Å². The maximum Gasteiger partial charge on any atom is 0.153 e. The smallest absolute Gasteiger partial charge is 0.153 e. The molecule has 1 aliphatic rings. The number of rotatable bonds is 0. The van der Waals surface area contributed by atoms with Crippen LogP contribution in [0.25, 0.3) is 0 Å². The van der Waals surface area contributed by atoms with Gasteiger partial charge in [-0.3, -0.25) is 14.5 Å². The van der Waals surface area contributed by atoms with E-state index in [1.807, 2.05) is 13.9 Å². The van der Waals surface area contributed by atoms with Crippen molar-refractivity contribution in [3.8, 4) is 0 Å². The summed E-state index contributed by atoms with van der Waals surface area (Å²) in [4.78, 5) is 24.2. The standard InChI is InChI=1S/C8H14BNO2/c1-9-3-7(11)5-10(2)6-8(12)4-9/h3-6H2,1-2H3. The fraction of sp³-hybridized carbons (Fsp3) is 0.750. The molecule has 0 bridgehead atoms. The third-order valence-corrected chi connectivity index (χ3v) is 2.04. The number of hydrogen-bond acceptors (Lipinski definition) is 3. The first-order valence-electron chi connectivity index (χ1n) is 4.30. The summed E-state index contributed by atoms with van der Waals surface area (Å²) in [5.74, 6) is 0.495. The van der Waals surface area contributed by atoms with Crippen LogP contribution in [-0.2, 0) is 9.59 Å². The molecule has 0 amide bonds. The summed E-state index contributed by atoms with van der Waals surface area (Å²) in [7, 11) is 1.81. The van der Waals surface area contributed by atoms with Crippen molar-refractivity contribution in [2.24, 2.45) is 0 Å². The highest BCUT2D eigenvalue weighted by molar-refractivity contribution is 6.64. The largest absolute Gasteiger partial charge is 0.299 e. The van der Waals surface area contributed by atoms with Gasteiger partial charge in [-0.1, -0.05) is 6.82 Å². The monoisotopic (exact) mass is 167 g/mol. The number of carbonyl (C=O) groups excluding carboxylic acids is 2. The highest BCUT2D eigenvalue weighted by Crippen LogP contribution is 2.06. The maximum absolute atomic E-state index is 11.2. The Labute approximate surface area is 73.2 Å². The lowest BCUT2D eigenvalue weighted by atomic mass is 9.45. The van der Waals surface area contributed by atoms with E-state index in [4.69, 9.17) is 0 Å². The van der Waals surface area contributed by atoms with E-state index in [0.29, 0.717) is 25.7 Å². The first-order valence-corrected chi connectivity index (χ1v) is 4.30. The van der Waals surface area contributed by atoms with Gasteiger partial charge < -0.3 is 0 Å². The van der Waals surface area contributed by atoms with Gasteiger partial charge in [-0.05, 0) is 19.7 Å². The van der Waals surface area contributed by atoms with Crippen molar-refractivity contribution in [2.45, 2.75) is 19.5 Å². The van der Waals surface area contributed by atoms with E-state index in [1.54, 1.807) is 4.90 Å². The minimum Gasteiger partial charge on any atom is -0.299 e. The molecule has 0 aromatic rings. The van der Waals surface area contributed by atoms with Crippen molar-refractivity contribution in [1.29, 1.82) is 0 Å². The van der Waals surface area contributed by atoms with Gasteiger partial charge in [0.05, 0.1) is 13.1 Å². The summed E-state index contributed by atoms with van der Waals surface area (Å²) in [6, 6.07) is 0. The highest BCUT2D eigenvalue weighted by atomic mass is 16.1. The molecule has 1 heterocycles. The molecule has 4 heteroatoms. The number of nitrogens with zero attached hydrogens (tertiary/aromatic N) is 1. The Morgan fingerprint density at radius 2 is 1.58 bits per heavy atom. The fourth-order valence-electron chi connectivity index (χ4n) is 1.64. The first kappa shape index (κ1) is 9.45. The molecular formula is C8H14BNO2. The molecule has 1 aliphatic heterocycles. The van der Waals surface area contributed by atoms with Crippen LogP contribution in [0.1, 0.15) is 0 Å². The molecule has 0 aliphatic carbocycles. The Kier molecular flexibility index (Phi) is 3.03. The van der Waals surface area contributed by atoms with Crippen LogP contribution in [0.4, 0.5) is 0 Å². The molecule has 3 nitrogen and oxygen atoms in total. The Morgan fingerprint density at radius 3 is 2.00 bits per heavy atom. The number of carbonyl (C=O) groups is 2. The molecule has 0 spiro atoms. The molecule has 12 heavy (non-hydrogen) atoms. The van der Waals surface area contributed by atoms with Crippen molar-refractivity contribution in [1.82, 2.24) is 4.90 Å². The second-order valence-electron chi connectivity index (χ2n) is 3.76. The van der Waals surface area contributed by atoms with Gasteiger partial charge in [-0.25, -0.2) is 0 Å². The first-order chi connectivity index (χ1) is 5.58. The molecule has 1 fully saturated rings. The maximum atomic E-state index is 11.2. The summed E-state index contributed by atoms with van der Waals surface area (Å²) in [6.07, 6.45) is 1.10. The van der Waals surface area contributed by atoms with Crippen molar-refractivity contribution < 1.29 is 9.59 Å². The quantitative estimate of drug-likeness (QED) is 0.483. The van der Waals surface area contributed by atoms with Gasteiger partial charge in [-0.15, -0.1) is 0 Å². The zero-order chi connectivity index (χ0) is 9.14. The van der Waals surface area contributed by atoms with Gasteiger partial charge in [-0.2, -0.15) is 0 Å². The molecular weight excluding hydrogens is 153 g/mol.